The van der Waals surface area contributed by atoms with Crippen molar-refractivity contribution in [2.75, 3.05) is 46.0 Å². The lowest BCUT2D eigenvalue weighted by Gasteiger charge is -2.43. The van der Waals surface area contributed by atoms with Crippen LogP contribution in [0.5, 0.6) is 5.75 Å². The number of rotatable bonds is 12. The van der Waals surface area contributed by atoms with Crippen LogP contribution >= 0.6 is 0 Å². The van der Waals surface area contributed by atoms with Gasteiger partial charge >= 0.3 is 7.12 Å². The topological polar surface area (TPSA) is 135 Å². The third kappa shape index (κ3) is 7.83. The molecule has 2 fully saturated rings. The normalized spacial score (nSPS) is 18.1. The molecule has 40 heavy (non-hydrogen) atoms. The third-order valence-electron chi connectivity index (χ3n) is 7.65. The Hall–Kier alpha value is -3.43. The Kier molecular flexibility index (Phi) is 10.5. The van der Waals surface area contributed by atoms with Crippen molar-refractivity contribution < 1.29 is 29.1 Å². The fourth-order valence-corrected chi connectivity index (χ4v) is 5.04. The predicted molar refractivity (Wildman–Crippen MR) is 149 cm³/mol. The molecule has 2 heterocycles. The Morgan fingerprint density at radius 1 is 1.12 bits per heavy atom. The van der Waals surface area contributed by atoms with E-state index in [0.717, 1.165) is 37.4 Å². The number of amides is 2. The number of ether oxygens (including phenoxy) is 2. The molecule has 0 aliphatic carbocycles. The standard InChI is InChI=1S/C29H37BN4O6/c1-21(26(18-31)29(36)34-13-11-33(12-14-34)24-19-39-20-24)23-8-5-9-25(17-23)40-15-10-28(35)32-27(30(37)38)16-22-6-3-2-4-7-22/h2-9,17,21,24,26-27,37-38H,10-16,19-20H2,1H3,(H,32,35)/t21?,26?,27-/m0/s1. The van der Waals surface area contributed by atoms with Gasteiger partial charge in [-0.25, -0.2) is 0 Å². The fraction of sp³-hybridized carbons (Fsp3) is 0.483. The molecule has 11 heteroatoms. The number of nitriles is 1. The van der Waals surface area contributed by atoms with Crippen molar-refractivity contribution >= 4 is 18.9 Å². The zero-order valence-corrected chi connectivity index (χ0v) is 22.8. The van der Waals surface area contributed by atoms with E-state index in [2.05, 4.69) is 16.3 Å². The Labute approximate surface area is 235 Å². The van der Waals surface area contributed by atoms with Crippen LogP contribution in [0.15, 0.2) is 54.6 Å². The lowest BCUT2D eigenvalue weighted by Crippen LogP contribution is -2.58. The fourth-order valence-electron chi connectivity index (χ4n) is 5.04. The maximum atomic E-state index is 13.2. The van der Waals surface area contributed by atoms with Crippen LogP contribution in [-0.4, -0.2) is 96.8 Å². The molecule has 2 unspecified atom stereocenters. The second-order valence-corrected chi connectivity index (χ2v) is 10.4. The number of hydrogen-bond donors (Lipinski definition) is 3. The highest BCUT2D eigenvalue weighted by Gasteiger charge is 2.35. The molecule has 2 saturated heterocycles. The molecular formula is C29H37BN4O6. The van der Waals surface area contributed by atoms with Crippen molar-refractivity contribution in [3.05, 3.63) is 65.7 Å². The summed E-state index contributed by atoms with van der Waals surface area (Å²) in [5.41, 5.74) is 1.68. The van der Waals surface area contributed by atoms with Gasteiger partial charge in [-0.05, 0) is 29.7 Å². The first-order valence-electron chi connectivity index (χ1n) is 13.8. The monoisotopic (exact) mass is 548 g/mol. The molecule has 2 aromatic rings. The third-order valence-corrected chi connectivity index (χ3v) is 7.65. The zero-order chi connectivity index (χ0) is 28.5. The molecule has 4 rings (SSSR count). The van der Waals surface area contributed by atoms with Crippen LogP contribution in [0.25, 0.3) is 0 Å². The number of nitrogens with one attached hydrogen (secondary N) is 1. The second kappa shape index (κ2) is 14.3. The van der Waals surface area contributed by atoms with Crippen molar-refractivity contribution in [3.8, 4) is 11.8 Å². The minimum atomic E-state index is -1.69. The van der Waals surface area contributed by atoms with E-state index < -0.39 is 19.0 Å². The molecule has 0 saturated carbocycles. The number of carbonyl (C=O) groups is 2. The molecule has 0 aromatic heterocycles. The van der Waals surface area contributed by atoms with Gasteiger partial charge in [0.25, 0.3) is 0 Å². The molecule has 3 N–H and O–H groups in total. The molecule has 212 valence electrons. The maximum absolute atomic E-state index is 13.2. The van der Waals surface area contributed by atoms with Crippen molar-refractivity contribution in [1.82, 2.24) is 15.1 Å². The maximum Gasteiger partial charge on any atom is 0.475 e. The number of piperazine rings is 1. The van der Waals surface area contributed by atoms with Gasteiger partial charge in [0.2, 0.25) is 11.8 Å². The lowest BCUT2D eigenvalue weighted by atomic mass is 9.76. The summed E-state index contributed by atoms with van der Waals surface area (Å²) in [4.78, 5) is 29.8. The van der Waals surface area contributed by atoms with Crippen molar-refractivity contribution in [3.63, 3.8) is 0 Å². The van der Waals surface area contributed by atoms with Gasteiger partial charge in [0.05, 0.1) is 44.3 Å². The van der Waals surface area contributed by atoms with E-state index in [1.165, 1.54) is 0 Å². The number of benzene rings is 2. The number of carbonyl (C=O) groups excluding carboxylic acids is 2. The van der Waals surface area contributed by atoms with E-state index in [1.54, 1.807) is 23.1 Å². The Balaban J connectivity index is 1.26. The van der Waals surface area contributed by atoms with Gasteiger partial charge in [-0.1, -0.05) is 49.4 Å². The van der Waals surface area contributed by atoms with Crippen molar-refractivity contribution in [2.24, 2.45) is 5.92 Å². The van der Waals surface area contributed by atoms with Gasteiger partial charge in [0.1, 0.15) is 11.7 Å². The summed E-state index contributed by atoms with van der Waals surface area (Å²) in [6, 6.07) is 19.2. The molecular weight excluding hydrogens is 511 g/mol. The molecule has 0 spiro atoms. The Bertz CT molecular complexity index is 1160. The van der Waals surface area contributed by atoms with Crippen LogP contribution in [-0.2, 0) is 20.7 Å². The minimum Gasteiger partial charge on any atom is -0.493 e. The highest BCUT2D eigenvalue weighted by atomic mass is 16.5. The van der Waals surface area contributed by atoms with Crippen LogP contribution in [0.4, 0.5) is 0 Å². The summed E-state index contributed by atoms with van der Waals surface area (Å²) in [5, 5.41) is 31.9. The highest BCUT2D eigenvalue weighted by molar-refractivity contribution is 6.43. The summed E-state index contributed by atoms with van der Waals surface area (Å²) >= 11 is 0. The van der Waals surface area contributed by atoms with E-state index >= 15 is 0 Å². The summed E-state index contributed by atoms with van der Waals surface area (Å²) in [6.07, 6.45) is 0.311. The van der Waals surface area contributed by atoms with Crippen molar-refractivity contribution in [1.29, 1.82) is 5.26 Å². The van der Waals surface area contributed by atoms with Crippen LogP contribution in [0.3, 0.4) is 0 Å². The largest absolute Gasteiger partial charge is 0.493 e. The van der Waals surface area contributed by atoms with Gasteiger partial charge in [-0.15, -0.1) is 0 Å². The average Bonchev–Trinajstić information content (AvgIpc) is 2.93. The van der Waals surface area contributed by atoms with Crippen LogP contribution in [0.1, 0.15) is 30.4 Å². The van der Waals surface area contributed by atoms with E-state index in [9.17, 15) is 24.9 Å². The molecule has 10 nitrogen and oxygen atoms in total. The van der Waals surface area contributed by atoms with Gasteiger partial charge in [0, 0.05) is 32.1 Å². The van der Waals surface area contributed by atoms with Crippen LogP contribution < -0.4 is 10.1 Å². The summed E-state index contributed by atoms with van der Waals surface area (Å²) in [5.74, 6) is -1.98. The summed E-state index contributed by atoms with van der Waals surface area (Å²) < 4.78 is 11.1. The SMILES string of the molecule is CC(c1cccc(OCCC(=O)N[C@@H](Cc2ccccc2)B(O)O)c1)C(C#N)C(=O)N1CCN(C2COC2)CC1. The molecule has 0 bridgehead atoms. The molecule has 2 amide bonds. The van der Waals surface area contributed by atoms with Gasteiger partial charge in [-0.2, -0.15) is 5.26 Å². The molecule has 0 radical (unpaired) electrons. The zero-order valence-electron chi connectivity index (χ0n) is 22.8. The number of hydrogen-bond acceptors (Lipinski definition) is 8. The first-order chi connectivity index (χ1) is 19.4. The lowest BCUT2D eigenvalue weighted by molar-refractivity contribution is -0.138. The molecule has 3 atom stereocenters. The second-order valence-electron chi connectivity index (χ2n) is 10.4. The predicted octanol–water partition coefficient (Wildman–Crippen LogP) is 0.981. The number of nitrogens with zero attached hydrogens (tertiary/aromatic N) is 3. The summed E-state index contributed by atoms with van der Waals surface area (Å²) in [7, 11) is -1.69. The minimum absolute atomic E-state index is 0.0239. The quantitative estimate of drug-likeness (QED) is 0.334. The summed E-state index contributed by atoms with van der Waals surface area (Å²) in [6.45, 7) is 6.22. The van der Waals surface area contributed by atoms with E-state index in [4.69, 9.17) is 9.47 Å². The van der Waals surface area contributed by atoms with Gasteiger partial charge in [0.15, 0.2) is 0 Å². The van der Waals surface area contributed by atoms with E-state index in [1.807, 2.05) is 43.3 Å². The smallest absolute Gasteiger partial charge is 0.475 e. The Morgan fingerprint density at radius 2 is 1.85 bits per heavy atom. The Morgan fingerprint density at radius 3 is 2.48 bits per heavy atom. The highest BCUT2D eigenvalue weighted by Crippen LogP contribution is 2.29. The average molecular weight is 548 g/mol. The van der Waals surface area contributed by atoms with Crippen LogP contribution in [0.2, 0.25) is 0 Å². The van der Waals surface area contributed by atoms with Crippen LogP contribution in [0, 0.1) is 17.2 Å². The molecule has 2 aromatic carbocycles. The van der Waals surface area contributed by atoms with E-state index in [-0.39, 0.29) is 37.2 Å². The molecule has 2 aliphatic rings. The van der Waals surface area contributed by atoms with Crippen molar-refractivity contribution in [2.45, 2.75) is 37.7 Å². The first kappa shape index (κ1) is 29.6. The first-order valence-corrected chi connectivity index (χ1v) is 13.8. The van der Waals surface area contributed by atoms with Gasteiger partial charge < -0.3 is 29.7 Å². The molecule has 2 aliphatic heterocycles. The van der Waals surface area contributed by atoms with E-state index in [0.29, 0.717) is 24.9 Å². The van der Waals surface area contributed by atoms with Gasteiger partial charge in [-0.3, -0.25) is 14.5 Å².